The van der Waals surface area contributed by atoms with Crippen molar-refractivity contribution in [2.75, 3.05) is 5.32 Å². The Morgan fingerprint density at radius 1 is 1.32 bits per heavy atom. The summed E-state index contributed by atoms with van der Waals surface area (Å²) in [5, 5.41) is 12.7. The fourth-order valence-electron chi connectivity index (χ4n) is 1.63. The minimum Gasteiger partial charge on any atom is -0.339 e. The van der Waals surface area contributed by atoms with Gasteiger partial charge < -0.3 is 5.32 Å². The monoisotopic (exact) mass is 272 g/mol. The van der Waals surface area contributed by atoms with Crippen molar-refractivity contribution in [3.05, 3.63) is 46.4 Å². The summed E-state index contributed by atoms with van der Waals surface area (Å²) in [5.41, 5.74) is 2.05. The molecule has 1 aromatic carbocycles. The number of benzene rings is 1. The quantitative estimate of drug-likeness (QED) is 0.867. The van der Waals surface area contributed by atoms with Crippen LogP contribution in [0.5, 0.6) is 0 Å². The fourth-order valence-corrected chi connectivity index (χ4v) is 1.82. The number of hydrogen-bond acceptors (Lipinski definition) is 4. The van der Waals surface area contributed by atoms with Gasteiger partial charge in [-0.05, 0) is 19.1 Å². The van der Waals surface area contributed by atoms with Gasteiger partial charge in [-0.1, -0.05) is 30.7 Å². The number of rotatable bonds is 3. The van der Waals surface area contributed by atoms with Crippen LogP contribution in [0.2, 0.25) is 5.15 Å². The van der Waals surface area contributed by atoms with Gasteiger partial charge in [-0.2, -0.15) is 5.26 Å². The summed E-state index contributed by atoms with van der Waals surface area (Å²) in [5.74, 6) is 1.31. The van der Waals surface area contributed by atoms with Crippen molar-refractivity contribution in [2.45, 2.75) is 20.3 Å². The van der Waals surface area contributed by atoms with Crippen LogP contribution >= 0.6 is 11.6 Å². The molecule has 1 heterocycles. The Balaban J connectivity index is 2.44. The highest BCUT2D eigenvalue weighted by Crippen LogP contribution is 2.25. The number of aromatic nitrogens is 2. The Bertz CT molecular complexity index is 646. The maximum Gasteiger partial charge on any atom is 0.138 e. The molecule has 19 heavy (non-hydrogen) atoms. The number of aryl methyl sites for hydroxylation is 1. The van der Waals surface area contributed by atoms with Crippen molar-refractivity contribution in [3.8, 4) is 6.07 Å². The molecule has 4 nitrogen and oxygen atoms in total. The molecule has 0 spiro atoms. The Morgan fingerprint density at radius 2 is 2.05 bits per heavy atom. The van der Waals surface area contributed by atoms with Crippen LogP contribution < -0.4 is 5.32 Å². The molecule has 2 rings (SSSR count). The molecular formula is C14H13ClN4. The minimum absolute atomic E-state index is 0.434. The first-order valence-electron chi connectivity index (χ1n) is 5.95. The molecule has 0 saturated heterocycles. The van der Waals surface area contributed by atoms with E-state index in [-0.39, 0.29) is 0 Å². The van der Waals surface area contributed by atoms with Crippen LogP contribution in [0.3, 0.4) is 0 Å². The van der Waals surface area contributed by atoms with Gasteiger partial charge in [-0.3, -0.25) is 0 Å². The highest BCUT2D eigenvalue weighted by molar-refractivity contribution is 6.30. The summed E-state index contributed by atoms with van der Waals surface area (Å²) in [4.78, 5) is 8.59. The Labute approximate surface area is 117 Å². The molecule has 0 fully saturated rings. The van der Waals surface area contributed by atoms with Gasteiger partial charge in [0.1, 0.15) is 22.9 Å². The average molecular weight is 273 g/mol. The Kier molecular flexibility index (Phi) is 3.98. The highest BCUT2D eigenvalue weighted by atomic mass is 35.5. The number of nitriles is 1. The van der Waals surface area contributed by atoms with Gasteiger partial charge >= 0.3 is 0 Å². The predicted molar refractivity (Wildman–Crippen MR) is 75.6 cm³/mol. The molecule has 0 aliphatic heterocycles. The molecule has 96 valence electrons. The van der Waals surface area contributed by atoms with Gasteiger partial charge in [0, 0.05) is 12.0 Å². The second-order valence-corrected chi connectivity index (χ2v) is 4.40. The number of anilines is 2. The van der Waals surface area contributed by atoms with Crippen LogP contribution in [0.25, 0.3) is 0 Å². The third-order valence-electron chi connectivity index (χ3n) is 2.75. The number of halogens is 1. The van der Waals surface area contributed by atoms with Crippen molar-refractivity contribution in [1.29, 1.82) is 5.26 Å². The summed E-state index contributed by atoms with van der Waals surface area (Å²) in [6.07, 6.45) is 0.703. The average Bonchev–Trinajstić information content (AvgIpc) is 2.44. The van der Waals surface area contributed by atoms with Gasteiger partial charge in [0.25, 0.3) is 0 Å². The molecule has 0 aliphatic rings. The Hall–Kier alpha value is -2.12. The Morgan fingerprint density at radius 3 is 2.74 bits per heavy atom. The van der Waals surface area contributed by atoms with Crippen LogP contribution in [0.15, 0.2) is 24.3 Å². The lowest BCUT2D eigenvalue weighted by Crippen LogP contribution is -2.04. The maximum absolute atomic E-state index is 9.07. The molecule has 1 aromatic heterocycles. The summed E-state index contributed by atoms with van der Waals surface area (Å²) in [6, 6.07) is 9.41. The zero-order chi connectivity index (χ0) is 13.8. The van der Waals surface area contributed by atoms with Crippen molar-refractivity contribution in [1.82, 2.24) is 9.97 Å². The summed E-state index contributed by atoms with van der Waals surface area (Å²) in [7, 11) is 0. The fraction of sp³-hybridized carbons (Fsp3) is 0.214. The predicted octanol–water partition coefficient (Wildman–Crippen LogP) is 3.62. The lowest BCUT2D eigenvalue weighted by molar-refractivity contribution is 0.934. The molecule has 0 unspecified atom stereocenters. The van der Waals surface area contributed by atoms with Gasteiger partial charge in [0.2, 0.25) is 0 Å². The van der Waals surface area contributed by atoms with Crippen molar-refractivity contribution in [3.63, 3.8) is 0 Å². The minimum atomic E-state index is 0.434. The largest absolute Gasteiger partial charge is 0.339 e. The smallest absolute Gasteiger partial charge is 0.138 e. The lowest BCUT2D eigenvalue weighted by atomic mass is 10.2. The van der Waals surface area contributed by atoms with Gasteiger partial charge in [-0.25, -0.2) is 9.97 Å². The highest BCUT2D eigenvalue weighted by Gasteiger charge is 2.10. The molecule has 0 amide bonds. The van der Waals surface area contributed by atoms with E-state index in [0.29, 0.717) is 34.5 Å². The number of nitrogens with one attached hydrogen (secondary N) is 1. The SMILES string of the molecule is CCc1nc(Cl)c(C)c(Nc2ccccc2C#N)n1. The molecule has 0 radical (unpaired) electrons. The summed E-state index contributed by atoms with van der Waals surface area (Å²) >= 11 is 6.08. The van der Waals surface area contributed by atoms with E-state index in [9.17, 15) is 0 Å². The maximum atomic E-state index is 9.07. The van der Waals surface area contributed by atoms with Crippen LogP contribution in [0.4, 0.5) is 11.5 Å². The van der Waals surface area contributed by atoms with Gasteiger partial charge in [-0.15, -0.1) is 0 Å². The van der Waals surface area contributed by atoms with Crippen LogP contribution in [-0.2, 0) is 6.42 Å². The molecule has 1 N–H and O–H groups in total. The molecule has 5 heteroatoms. The van der Waals surface area contributed by atoms with Crippen molar-refractivity contribution < 1.29 is 0 Å². The van der Waals surface area contributed by atoms with E-state index in [2.05, 4.69) is 21.4 Å². The molecule has 2 aromatic rings. The van der Waals surface area contributed by atoms with Gasteiger partial charge in [0.05, 0.1) is 11.3 Å². The normalized spacial score (nSPS) is 10.0. The van der Waals surface area contributed by atoms with Gasteiger partial charge in [0.15, 0.2) is 0 Å². The summed E-state index contributed by atoms with van der Waals surface area (Å²) in [6.45, 7) is 3.81. The second-order valence-electron chi connectivity index (χ2n) is 4.04. The number of para-hydroxylation sites is 1. The molecular weight excluding hydrogens is 260 g/mol. The number of nitrogens with zero attached hydrogens (tertiary/aromatic N) is 3. The second kappa shape index (κ2) is 5.68. The molecule has 0 aliphatic carbocycles. The van der Waals surface area contributed by atoms with E-state index in [1.54, 1.807) is 6.07 Å². The molecule has 0 saturated carbocycles. The van der Waals surface area contributed by atoms with E-state index in [4.69, 9.17) is 16.9 Å². The third-order valence-corrected chi connectivity index (χ3v) is 3.12. The van der Waals surface area contributed by atoms with Crippen LogP contribution in [-0.4, -0.2) is 9.97 Å². The lowest BCUT2D eigenvalue weighted by Gasteiger charge is -2.11. The first-order chi connectivity index (χ1) is 9.15. The third kappa shape index (κ3) is 2.83. The molecule has 0 bridgehead atoms. The first-order valence-corrected chi connectivity index (χ1v) is 6.32. The standard InChI is InChI=1S/C14H13ClN4/c1-3-12-18-13(15)9(2)14(19-12)17-11-7-5-4-6-10(11)8-16/h4-7H,3H2,1-2H3,(H,17,18,19). The van der Waals surface area contributed by atoms with Crippen LogP contribution in [0.1, 0.15) is 23.9 Å². The zero-order valence-electron chi connectivity index (χ0n) is 10.7. The van der Waals surface area contributed by atoms with E-state index >= 15 is 0 Å². The van der Waals surface area contributed by atoms with E-state index < -0.39 is 0 Å². The van der Waals surface area contributed by atoms with E-state index in [0.717, 1.165) is 5.56 Å². The number of hydrogen-bond donors (Lipinski definition) is 1. The van der Waals surface area contributed by atoms with Crippen LogP contribution in [0, 0.1) is 18.3 Å². The first kappa shape index (κ1) is 13.3. The van der Waals surface area contributed by atoms with Crippen molar-refractivity contribution >= 4 is 23.1 Å². The van der Waals surface area contributed by atoms with Crippen molar-refractivity contribution in [2.24, 2.45) is 0 Å². The molecule has 0 atom stereocenters. The topological polar surface area (TPSA) is 61.6 Å². The zero-order valence-corrected chi connectivity index (χ0v) is 11.5. The van der Waals surface area contributed by atoms with E-state index in [1.807, 2.05) is 32.0 Å². The van der Waals surface area contributed by atoms with E-state index in [1.165, 1.54) is 0 Å². The summed E-state index contributed by atoms with van der Waals surface area (Å²) < 4.78 is 0.